The van der Waals surface area contributed by atoms with Crippen LogP contribution in [-0.4, -0.2) is 38.4 Å². The lowest BCUT2D eigenvalue weighted by atomic mass is 9.89. The van der Waals surface area contributed by atoms with E-state index in [-0.39, 0.29) is 12.4 Å². The van der Waals surface area contributed by atoms with Crippen molar-refractivity contribution in [3.05, 3.63) is 28.3 Å². The van der Waals surface area contributed by atoms with E-state index in [2.05, 4.69) is 11.4 Å². The Morgan fingerprint density at radius 3 is 2.04 bits per heavy atom. The minimum atomic E-state index is -3.40. The fourth-order valence-corrected chi connectivity index (χ4v) is 6.37. The highest BCUT2D eigenvalue weighted by Crippen LogP contribution is 2.32. The molecule has 0 radical (unpaired) electrons. The van der Waals surface area contributed by atoms with E-state index in [1.807, 2.05) is 27.7 Å². The molecule has 4 nitrogen and oxygen atoms in total. The zero-order valence-corrected chi connectivity index (χ0v) is 17.4. The summed E-state index contributed by atoms with van der Waals surface area (Å²) in [6.07, 6.45) is 4.44. The lowest BCUT2D eigenvalue weighted by Crippen LogP contribution is -2.43. The third kappa shape index (κ3) is 3.90. The predicted octanol–water partition coefficient (Wildman–Crippen LogP) is 3.49. The van der Waals surface area contributed by atoms with Gasteiger partial charge in [0.15, 0.2) is 0 Å². The molecular formula is C19H31ClN2O2S. The van der Waals surface area contributed by atoms with Crippen LogP contribution in [-0.2, 0) is 10.0 Å². The van der Waals surface area contributed by atoms with Crippen LogP contribution in [0.3, 0.4) is 0 Å². The molecule has 1 atom stereocenters. The maximum absolute atomic E-state index is 13.3. The smallest absolute Gasteiger partial charge is 0.243 e. The number of rotatable bonds is 3. The summed E-state index contributed by atoms with van der Waals surface area (Å²) in [5.74, 6) is 0.625. The van der Waals surface area contributed by atoms with Crippen LogP contribution < -0.4 is 5.32 Å². The number of halogens is 1. The molecule has 0 aromatic heterocycles. The maximum atomic E-state index is 13.3. The van der Waals surface area contributed by atoms with Gasteiger partial charge in [-0.2, -0.15) is 4.31 Å². The van der Waals surface area contributed by atoms with Crippen molar-refractivity contribution in [2.45, 2.75) is 64.3 Å². The third-order valence-electron chi connectivity index (χ3n) is 6.06. The van der Waals surface area contributed by atoms with Gasteiger partial charge in [-0.05, 0) is 88.1 Å². The Morgan fingerprint density at radius 1 is 1.00 bits per heavy atom. The Balaban J connectivity index is 0.00000225. The number of hydrogen-bond donors (Lipinski definition) is 1. The molecule has 1 aromatic carbocycles. The van der Waals surface area contributed by atoms with Gasteiger partial charge in [0.25, 0.3) is 0 Å². The normalized spacial score (nSPS) is 22.8. The number of aryl methyl sites for hydroxylation is 2. The molecule has 2 aliphatic rings. The lowest BCUT2D eigenvalue weighted by molar-refractivity contribution is 0.234. The first-order valence-electron chi connectivity index (χ1n) is 9.13. The largest absolute Gasteiger partial charge is 0.314 e. The number of hydrogen-bond acceptors (Lipinski definition) is 3. The first kappa shape index (κ1) is 20.7. The van der Waals surface area contributed by atoms with Gasteiger partial charge in [0.05, 0.1) is 4.90 Å². The lowest BCUT2D eigenvalue weighted by Gasteiger charge is -2.35. The van der Waals surface area contributed by atoms with Crippen LogP contribution in [0.25, 0.3) is 0 Å². The topological polar surface area (TPSA) is 49.4 Å². The van der Waals surface area contributed by atoms with E-state index in [1.165, 1.54) is 12.8 Å². The molecule has 1 N–H and O–H groups in total. The van der Waals surface area contributed by atoms with Gasteiger partial charge in [0, 0.05) is 19.1 Å². The van der Waals surface area contributed by atoms with Crippen molar-refractivity contribution in [1.82, 2.24) is 9.62 Å². The summed E-state index contributed by atoms with van der Waals surface area (Å²) in [7, 11) is -3.40. The van der Waals surface area contributed by atoms with Crippen LogP contribution in [0.1, 0.15) is 47.9 Å². The zero-order valence-electron chi connectivity index (χ0n) is 15.8. The molecule has 0 saturated carbocycles. The van der Waals surface area contributed by atoms with Crippen LogP contribution in [0.2, 0.25) is 0 Å². The van der Waals surface area contributed by atoms with Crippen molar-refractivity contribution < 1.29 is 8.42 Å². The second-order valence-corrected chi connectivity index (χ2v) is 9.41. The van der Waals surface area contributed by atoms with E-state index < -0.39 is 10.0 Å². The second-order valence-electron chi connectivity index (χ2n) is 7.53. The highest BCUT2D eigenvalue weighted by atomic mass is 35.5. The molecule has 0 amide bonds. The van der Waals surface area contributed by atoms with Crippen LogP contribution in [0.15, 0.2) is 11.0 Å². The summed E-state index contributed by atoms with van der Waals surface area (Å²) in [5, 5.41) is 3.58. The molecular weight excluding hydrogens is 356 g/mol. The summed E-state index contributed by atoms with van der Waals surface area (Å²) in [5.41, 5.74) is 3.92. The van der Waals surface area contributed by atoms with Gasteiger partial charge >= 0.3 is 0 Å². The fraction of sp³-hybridized carbons (Fsp3) is 0.684. The number of sulfonamides is 1. The van der Waals surface area contributed by atoms with Gasteiger partial charge in [-0.15, -0.1) is 12.4 Å². The zero-order chi connectivity index (χ0) is 17.5. The Hall–Kier alpha value is -0.620. The average molecular weight is 387 g/mol. The third-order valence-corrected chi connectivity index (χ3v) is 8.23. The van der Waals surface area contributed by atoms with Crippen LogP contribution in [0.5, 0.6) is 0 Å². The Bertz CT molecular complexity index is 693. The van der Waals surface area contributed by atoms with Crippen LogP contribution in [0.4, 0.5) is 0 Å². The summed E-state index contributed by atoms with van der Waals surface area (Å²) >= 11 is 0. The van der Waals surface area contributed by atoms with Crippen molar-refractivity contribution >= 4 is 22.4 Å². The fourth-order valence-electron chi connectivity index (χ4n) is 4.33. The molecule has 0 bridgehead atoms. The van der Waals surface area contributed by atoms with E-state index in [1.54, 1.807) is 4.31 Å². The minimum absolute atomic E-state index is 0. The molecule has 2 aliphatic heterocycles. The van der Waals surface area contributed by atoms with Crippen molar-refractivity contribution in [2.75, 3.05) is 19.6 Å². The molecule has 2 saturated heterocycles. The van der Waals surface area contributed by atoms with Crippen LogP contribution in [0, 0.1) is 33.6 Å². The molecule has 25 heavy (non-hydrogen) atoms. The molecule has 1 aromatic rings. The SMILES string of the molecule is Cc1cc(C)c(C)c(S(=O)(=O)N2CCC(C3CCCN3)CC2)c1C.Cl. The number of nitrogens with one attached hydrogen (secondary N) is 1. The summed E-state index contributed by atoms with van der Waals surface area (Å²) in [6.45, 7) is 10.3. The van der Waals surface area contributed by atoms with Gasteiger partial charge < -0.3 is 5.32 Å². The summed E-state index contributed by atoms with van der Waals surface area (Å²) in [6, 6.07) is 2.68. The molecule has 1 unspecified atom stereocenters. The van der Waals surface area contributed by atoms with E-state index in [0.717, 1.165) is 41.6 Å². The molecule has 142 valence electrons. The molecule has 6 heteroatoms. The summed E-state index contributed by atoms with van der Waals surface area (Å²) in [4.78, 5) is 0.539. The van der Waals surface area contributed by atoms with E-state index >= 15 is 0 Å². The second kappa shape index (κ2) is 7.95. The quantitative estimate of drug-likeness (QED) is 0.864. The first-order chi connectivity index (χ1) is 11.3. The van der Waals surface area contributed by atoms with Gasteiger partial charge in [-0.3, -0.25) is 0 Å². The monoisotopic (exact) mass is 386 g/mol. The number of benzene rings is 1. The standard InChI is InChI=1S/C19H30N2O2S.ClH/c1-13-12-14(2)16(4)19(15(13)3)24(22,23)21-10-7-17(8-11-21)18-6-5-9-20-18;/h12,17-18,20H,5-11H2,1-4H3;1H. The van der Waals surface area contributed by atoms with Gasteiger partial charge in [-0.25, -0.2) is 8.42 Å². The molecule has 2 heterocycles. The van der Waals surface area contributed by atoms with Crippen molar-refractivity contribution in [3.8, 4) is 0 Å². The van der Waals surface area contributed by atoms with Gasteiger partial charge in [0.2, 0.25) is 10.0 Å². The van der Waals surface area contributed by atoms with Crippen LogP contribution >= 0.6 is 12.4 Å². The molecule has 0 spiro atoms. The number of piperidine rings is 1. The van der Waals surface area contributed by atoms with E-state index in [4.69, 9.17) is 0 Å². The molecule has 2 fully saturated rings. The van der Waals surface area contributed by atoms with E-state index in [9.17, 15) is 8.42 Å². The van der Waals surface area contributed by atoms with Gasteiger partial charge in [-0.1, -0.05) is 6.07 Å². The predicted molar refractivity (Wildman–Crippen MR) is 105 cm³/mol. The summed E-state index contributed by atoms with van der Waals surface area (Å²) < 4.78 is 28.3. The number of nitrogens with zero attached hydrogens (tertiary/aromatic N) is 1. The Labute approximate surface area is 158 Å². The molecule has 3 rings (SSSR count). The van der Waals surface area contributed by atoms with E-state index in [0.29, 0.717) is 29.9 Å². The Morgan fingerprint density at radius 2 is 1.56 bits per heavy atom. The van der Waals surface area contributed by atoms with Crippen molar-refractivity contribution in [3.63, 3.8) is 0 Å². The Kier molecular flexibility index (Phi) is 6.58. The van der Waals surface area contributed by atoms with Gasteiger partial charge in [0.1, 0.15) is 0 Å². The van der Waals surface area contributed by atoms with Crippen molar-refractivity contribution in [1.29, 1.82) is 0 Å². The highest BCUT2D eigenvalue weighted by Gasteiger charge is 2.35. The van der Waals surface area contributed by atoms with Crippen molar-refractivity contribution in [2.24, 2.45) is 5.92 Å². The highest BCUT2D eigenvalue weighted by molar-refractivity contribution is 7.89. The molecule has 0 aliphatic carbocycles. The minimum Gasteiger partial charge on any atom is -0.314 e. The average Bonchev–Trinajstić information content (AvgIpc) is 3.07. The maximum Gasteiger partial charge on any atom is 0.243 e. The first-order valence-corrected chi connectivity index (χ1v) is 10.6.